The molecule has 112 valence electrons. The first-order chi connectivity index (χ1) is 10.1. The van der Waals surface area contributed by atoms with Crippen molar-refractivity contribution in [3.05, 3.63) is 43.2 Å². The van der Waals surface area contributed by atoms with Gasteiger partial charge in [-0.1, -0.05) is 31.9 Å². The van der Waals surface area contributed by atoms with Gasteiger partial charge < -0.3 is 0 Å². The zero-order valence-electron chi connectivity index (χ0n) is 12.0. The quantitative estimate of drug-likeness (QED) is 0.586. The second-order valence-electron chi connectivity index (χ2n) is 4.51. The first kappa shape index (κ1) is 16.2. The molecular formula is C15H17ClN2OS2. The van der Waals surface area contributed by atoms with Crippen molar-refractivity contribution in [2.75, 3.05) is 0 Å². The summed E-state index contributed by atoms with van der Waals surface area (Å²) in [5, 5.41) is 6.15. The fourth-order valence-electron chi connectivity index (χ4n) is 1.81. The number of amides is 1. The number of nitrogens with zero attached hydrogens (tertiary/aromatic N) is 1. The molecule has 2 aromatic rings. The zero-order chi connectivity index (χ0) is 15.2. The van der Waals surface area contributed by atoms with Crippen molar-refractivity contribution in [2.24, 2.45) is 5.10 Å². The van der Waals surface area contributed by atoms with Crippen LogP contribution in [0.15, 0.2) is 28.7 Å². The molecule has 0 aromatic carbocycles. The number of hydrazone groups is 1. The predicted molar refractivity (Wildman–Crippen MR) is 91.9 cm³/mol. The van der Waals surface area contributed by atoms with Gasteiger partial charge in [-0.3, -0.25) is 4.79 Å². The van der Waals surface area contributed by atoms with Crippen molar-refractivity contribution < 1.29 is 4.79 Å². The summed E-state index contributed by atoms with van der Waals surface area (Å²) in [7, 11) is 0. The van der Waals surface area contributed by atoms with Gasteiger partial charge in [-0.15, -0.1) is 22.7 Å². The molecule has 0 bridgehead atoms. The van der Waals surface area contributed by atoms with Crippen LogP contribution < -0.4 is 5.43 Å². The Bertz CT molecular complexity index is 646. The largest absolute Gasteiger partial charge is 0.272 e. The van der Waals surface area contributed by atoms with Gasteiger partial charge in [-0.05, 0) is 31.0 Å². The van der Waals surface area contributed by atoms with E-state index in [0.29, 0.717) is 5.56 Å². The Hall–Kier alpha value is -1.17. The van der Waals surface area contributed by atoms with Crippen molar-refractivity contribution in [3.63, 3.8) is 0 Å². The van der Waals surface area contributed by atoms with E-state index < -0.39 is 0 Å². The molecule has 0 unspecified atom stereocenters. The van der Waals surface area contributed by atoms with E-state index in [9.17, 15) is 4.79 Å². The van der Waals surface area contributed by atoms with Gasteiger partial charge in [-0.2, -0.15) is 5.10 Å². The molecule has 6 heteroatoms. The molecule has 0 saturated heterocycles. The molecule has 0 aliphatic rings. The number of rotatable bonds is 6. The van der Waals surface area contributed by atoms with E-state index in [-0.39, 0.29) is 5.91 Å². The number of hydrogen-bond donors (Lipinski definition) is 1. The van der Waals surface area contributed by atoms with Crippen LogP contribution in [0.2, 0.25) is 4.34 Å². The molecule has 2 heterocycles. The Labute approximate surface area is 137 Å². The number of hydrogen-bond acceptors (Lipinski definition) is 4. The average Bonchev–Trinajstić information content (AvgIpc) is 3.11. The van der Waals surface area contributed by atoms with Gasteiger partial charge in [0.2, 0.25) is 0 Å². The predicted octanol–water partition coefficient (Wildman–Crippen LogP) is 4.96. The van der Waals surface area contributed by atoms with Crippen LogP contribution in [-0.4, -0.2) is 11.6 Å². The number of thiophene rings is 2. The third-order valence-corrected chi connectivity index (χ3v) is 5.26. The normalized spacial score (nSPS) is 11.7. The maximum Gasteiger partial charge on any atom is 0.272 e. The highest BCUT2D eigenvalue weighted by atomic mass is 35.5. The second kappa shape index (κ2) is 7.73. The highest BCUT2D eigenvalue weighted by molar-refractivity contribution is 7.18. The van der Waals surface area contributed by atoms with E-state index in [2.05, 4.69) is 24.4 Å². The Morgan fingerprint density at radius 2 is 2.19 bits per heavy atom. The summed E-state index contributed by atoms with van der Waals surface area (Å²) in [5.41, 5.74) is 4.18. The molecule has 2 aromatic heterocycles. The van der Waals surface area contributed by atoms with Crippen LogP contribution >= 0.6 is 34.3 Å². The summed E-state index contributed by atoms with van der Waals surface area (Å²) in [5.74, 6) is -0.165. The molecule has 3 nitrogen and oxygen atoms in total. The van der Waals surface area contributed by atoms with Crippen molar-refractivity contribution in [2.45, 2.75) is 33.1 Å². The minimum atomic E-state index is -0.165. The Morgan fingerprint density at radius 3 is 2.76 bits per heavy atom. The lowest BCUT2D eigenvalue weighted by Crippen LogP contribution is -2.19. The highest BCUT2D eigenvalue weighted by Gasteiger charge is 2.10. The molecule has 2 rings (SSSR count). The van der Waals surface area contributed by atoms with Crippen LogP contribution in [0.4, 0.5) is 0 Å². The van der Waals surface area contributed by atoms with Gasteiger partial charge in [-0.25, -0.2) is 5.43 Å². The molecule has 0 aliphatic heterocycles. The van der Waals surface area contributed by atoms with Gasteiger partial charge >= 0.3 is 0 Å². The first-order valence-electron chi connectivity index (χ1n) is 6.84. The zero-order valence-corrected chi connectivity index (χ0v) is 14.4. The lowest BCUT2D eigenvalue weighted by Gasteiger charge is -2.03. The van der Waals surface area contributed by atoms with Crippen molar-refractivity contribution in [1.29, 1.82) is 0 Å². The summed E-state index contributed by atoms with van der Waals surface area (Å²) in [6.45, 7) is 4.16. The Morgan fingerprint density at radius 1 is 1.38 bits per heavy atom. The van der Waals surface area contributed by atoms with Crippen LogP contribution in [0.1, 0.15) is 46.8 Å². The number of halogens is 1. The molecular weight excluding hydrogens is 324 g/mol. The van der Waals surface area contributed by atoms with Crippen molar-refractivity contribution in [3.8, 4) is 0 Å². The number of aryl methyl sites for hydroxylation is 1. The minimum absolute atomic E-state index is 0.165. The molecule has 1 N–H and O–H groups in total. The van der Waals surface area contributed by atoms with Crippen LogP contribution in [0.3, 0.4) is 0 Å². The average molecular weight is 341 g/mol. The molecule has 1 amide bonds. The second-order valence-corrected chi connectivity index (χ2v) is 7.22. The van der Waals surface area contributed by atoms with Crippen molar-refractivity contribution in [1.82, 2.24) is 5.43 Å². The maximum atomic E-state index is 12.1. The van der Waals surface area contributed by atoms with Gasteiger partial charge in [0.25, 0.3) is 5.91 Å². The van der Waals surface area contributed by atoms with E-state index in [1.807, 2.05) is 23.6 Å². The summed E-state index contributed by atoms with van der Waals surface area (Å²) in [4.78, 5) is 14.3. The number of carbonyl (C=O) groups is 1. The van der Waals surface area contributed by atoms with E-state index in [4.69, 9.17) is 11.6 Å². The van der Waals surface area contributed by atoms with E-state index in [1.54, 1.807) is 11.3 Å². The number of carbonyl (C=O) groups excluding carboxylic acids is 1. The van der Waals surface area contributed by atoms with E-state index in [1.165, 1.54) is 16.2 Å². The monoisotopic (exact) mass is 340 g/mol. The SMILES string of the molecule is CCC/C(=N/NC(=O)c1csc(CC)c1)c1ccc(Cl)s1. The first-order valence-corrected chi connectivity index (χ1v) is 8.91. The smallest absolute Gasteiger partial charge is 0.267 e. The fraction of sp³-hybridized carbons (Fsp3) is 0.333. The molecule has 21 heavy (non-hydrogen) atoms. The lowest BCUT2D eigenvalue weighted by molar-refractivity contribution is 0.0955. The molecule has 0 saturated carbocycles. The third-order valence-electron chi connectivity index (χ3n) is 2.90. The van der Waals surface area contributed by atoms with Crippen LogP contribution in [0.25, 0.3) is 0 Å². The molecule has 0 spiro atoms. The van der Waals surface area contributed by atoms with E-state index in [0.717, 1.165) is 34.2 Å². The molecule has 0 fully saturated rings. The summed E-state index contributed by atoms with van der Waals surface area (Å²) >= 11 is 9.03. The molecule has 0 atom stereocenters. The standard InChI is InChI=1S/C15H17ClN2OS2/c1-3-5-12(13-6-7-14(16)21-13)17-18-15(19)10-8-11(4-2)20-9-10/h6-9H,3-5H2,1-2H3,(H,18,19)/b17-12-. The third kappa shape index (κ3) is 4.40. The Balaban J connectivity index is 2.10. The minimum Gasteiger partial charge on any atom is -0.267 e. The summed E-state index contributed by atoms with van der Waals surface area (Å²) in [6.07, 6.45) is 2.71. The van der Waals surface area contributed by atoms with Gasteiger partial charge in [0.1, 0.15) is 0 Å². The maximum absolute atomic E-state index is 12.1. The van der Waals surface area contributed by atoms with Gasteiger partial charge in [0.15, 0.2) is 0 Å². The van der Waals surface area contributed by atoms with Crippen LogP contribution in [0, 0.1) is 0 Å². The van der Waals surface area contributed by atoms with Crippen LogP contribution in [-0.2, 0) is 6.42 Å². The topological polar surface area (TPSA) is 41.5 Å². The van der Waals surface area contributed by atoms with E-state index >= 15 is 0 Å². The van der Waals surface area contributed by atoms with Crippen molar-refractivity contribution >= 4 is 45.9 Å². The lowest BCUT2D eigenvalue weighted by atomic mass is 10.2. The summed E-state index contributed by atoms with van der Waals surface area (Å²) in [6, 6.07) is 5.70. The molecule has 0 aliphatic carbocycles. The van der Waals surface area contributed by atoms with Crippen LogP contribution in [0.5, 0.6) is 0 Å². The number of nitrogens with one attached hydrogen (secondary N) is 1. The fourth-order valence-corrected chi connectivity index (χ4v) is 3.68. The summed E-state index contributed by atoms with van der Waals surface area (Å²) < 4.78 is 0.727. The van der Waals surface area contributed by atoms with Gasteiger partial charge in [0.05, 0.1) is 20.5 Å². The Kier molecular flexibility index (Phi) is 5.96. The molecule has 0 radical (unpaired) electrons. The highest BCUT2D eigenvalue weighted by Crippen LogP contribution is 2.23. The van der Waals surface area contributed by atoms with Gasteiger partial charge in [0, 0.05) is 10.3 Å².